The van der Waals surface area contributed by atoms with E-state index in [2.05, 4.69) is 6.92 Å². The van der Waals surface area contributed by atoms with Crippen molar-refractivity contribution in [3.63, 3.8) is 0 Å². The molecule has 7 heteroatoms. The average molecular weight is 409 g/mol. The summed E-state index contributed by atoms with van der Waals surface area (Å²) in [5.41, 5.74) is 0. The minimum atomic E-state index is -3.66. The summed E-state index contributed by atoms with van der Waals surface area (Å²) >= 11 is 0. The summed E-state index contributed by atoms with van der Waals surface area (Å²) in [6.45, 7) is 8.18. The molecule has 0 heterocycles. The molecule has 0 aliphatic heterocycles. The zero-order valence-corrected chi connectivity index (χ0v) is 19.0. The molecule has 154 valence electrons. The zero-order chi connectivity index (χ0) is 19.7. The predicted octanol–water partition coefficient (Wildman–Crippen LogP) is 7.05. The van der Waals surface area contributed by atoms with E-state index in [0.29, 0.717) is 0 Å². The Hall–Kier alpha value is -0.0500. The normalized spacial score (nSPS) is 14.9. The molecule has 0 amide bonds. The fourth-order valence-corrected chi connectivity index (χ4v) is 5.70. The van der Waals surface area contributed by atoms with E-state index in [9.17, 15) is 9.13 Å². The van der Waals surface area contributed by atoms with E-state index in [1.807, 2.05) is 6.08 Å². The first kappa shape index (κ1) is 26.0. The molecule has 2 unspecified atom stereocenters. The van der Waals surface area contributed by atoms with Crippen molar-refractivity contribution < 1.29 is 22.9 Å². The van der Waals surface area contributed by atoms with Crippen LogP contribution >= 0.6 is 16.1 Å². The second kappa shape index (κ2) is 16.0. The first-order chi connectivity index (χ1) is 12.6. The molecule has 26 heavy (non-hydrogen) atoms. The Morgan fingerprint density at radius 3 is 1.85 bits per heavy atom. The molecule has 0 N–H and O–H groups in total. The van der Waals surface area contributed by atoms with Crippen molar-refractivity contribution in [2.45, 2.75) is 90.6 Å². The molecule has 0 radical (unpaired) electrons. The number of unbranched alkanes of at least 4 members (excludes halogenated alkanes) is 8. The molecule has 0 bridgehead atoms. The van der Waals surface area contributed by atoms with Crippen LogP contribution < -0.4 is 0 Å². The molecular formula is C19H39O5P2+. The lowest BCUT2D eigenvalue weighted by Gasteiger charge is -2.25. The lowest BCUT2D eigenvalue weighted by Crippen LogP contribution is -2.26. The van der Waals surface area contributed by atoms with Gasteiger partial charge in [0.1, 0.15) is 0 Å². The first-order valence-corrected chi connectivity index (χ1v) is 12.6. The van der Waals surface area contributed by atoms with E-state index < -0.39 is 21.1 Å². The summed E-state index contributed by atoms with van der Waals surface area (Å²) in [6, 6.07) is 0. The highest BCUT2D eigenvalue weighted by atomic mass is 31.2. The molecule has 0 aliphatic rings. The standard InChI is InChI=1S/C19H38O5P2/c1-5-9-10-11-12-13-14-15-16-17-18-19(25-20,22-6-2)26(21,23-7-3)24-8-4/h17-18H,5-16H2,1-4H3/p+1. The molecule has 0 aromatic rings. The highest BCUT2D eigenvalue weighted by molar-refractivity contribution is 7.65. The van der Waals surface area contributed by atoms with Crippen molar-refractivity contribution in [2.24, 2.45) is 0 Å². The third kappa shape index (κ3) is 9.24. The van der Waals surface area contributed by atoms with E-state index in [1.165, 1.54) is 44.9 Å². The predicted molar refractivity (Wildman–Crippen MR) is 111 cm³/mol. The van der Waals surface area contributed by atoms with Gasteiger partial charge < -0.3 is 13.8 Å². The number of hydrogen-bond acceptors (Lipinski definition) is 5. The zero-order valence-electron chi connectivity index (χ0n) is 17.1. The average Bonchev–Trinajstić information content (AvgIpc) is 2.62. The van der Waals surface area contributed by atoms with Crippen LogP contribution in [-0.2, 0) is 22.9 Å². The summed E-state index contributed by atoms with van der Waals surface area (Å²) in [6.07, 6.45) is 14.4. The van der Waals surface area contributed by atoms with Gasteiger partial charge in [0.25, 0.3) is 0 Å². The van der Waals surface area contributed by atoms with Crippen molar-refractivity contribution in [2.75, 3.05) is 19.8 Å². The molecule has 0 saturated heterocycles. The molecule has 0 aliphatic carbocycles. The number of allylic oxidation sites excluding steroid dienone is 1. The van der Waals surface area contributed by atoms with Gasteiger partial charge in [-0.3, -0.25) is 4.57 Å². The van der Waals surface area contributed by atoms with E-state index in [0.717, 1.165) is 12.8 Å². The quantitative estimate of drug-likeness (QED) is 0.138. The summed E-state index contributed by atoms with van der Waals surface area (Å²) in [7, 11) is -4.63. The summed E-state index contributed by atoms with van der Waals surface area (Å²) < 4.78 is 41.5. The van der Waals surface area contributed by atoms with Gasteiger partial charge in [-0.1, -0.05) is 62.5 Å². The van der Waals surface area contributed by atoms with Crippen LogP contribution in [-0.4, -0.2) is 24.9 Å². The number of ether oxygens (including phenoxy) is 1. The molecule has 0 saturated carbocycles. The second-order valence-corrected chi connectivity index (χ2v) is 9.77. The van der Waals surface area contributed by atoms with Crippen molar-refractivity contribution in [1.29, 1.82) is 0 Å². The fourth-order valence-electron chi connectivity index (χ4n) is 2.77. The molecule has 0 fully saturated rings. The Labute approximate surface area is 162 Å². The lowest BCUT2D eigenvalue weighted by molar-refractivity contribution is 0.0799. The van der Waals surface area contributed by atoms with Gasteiger partial charge in [-0.25, -0.2) is 0 Å². The van der Waals surface area contributed by atoms with Crippen LogP contribution in [0.2, 0.25) is 0 Å². The largest absolute Gasteiger partial charge is 0.416 e. The van der Waals surface area contributed by atoms with Gasteiger partial charge in [0.2, 0.25) is 0 Å². The Morgan fingerprint density at radius 1 is 0.846 bits per heavy atom. The van der Waals surface area contributed by atoms with Gasteiger partial charge in [0.15, 0.2) is 0 Å². The van der Waals surface area contributed by atoms with Crippen molar-refractivity contribution in [3.05, 3.63) is 12.2 Å². The van der Waals surface area contributed by atoms with Crippen LogP contribution in [0.15, 0.2) is 12.2 Å². The van der Waals surface area contributed by atoms with Crippen LogP contribution in [0.5, 0.6) is 0 Å². The summed E-state index contributed by atoms with van der Waals surface area (Å²) in [4.78, 5) is 0. The van der Waals surface area contributed by atoms with E-state index >= 15 is 0 Å². The monoisotopic (exact) mass is 409 g/mol. The van der Waals surface area contributed by atoms with Crippen LogP contribution in [0.1, 0.15) is 85.5 Å². The SMILES string of the molecule is CCCCCCCCCCC=CC(OCC)([PH+]=O)P(=O)(OCC)OCC. The third-order valence-corrected chi connectivity index (χ3v) is 8.07. The Bertz CT molecular complexity index is 418. The summed E-state index contributed by atoms with van der Waals surface area (Å²) in [5, 5.41) is -1.51. The van der Waals surface area contributed by atoms with Crippen molar-refractivity contribution in [3.8, 4) is 0 Å². The van der Waals surface area contributed by atoms with Gasteiger partial charge in [-0.05, 0) is 33.6 Å². The first-order valence-electron chi connectivity index (χ1n) is 10.2. The highest BCUT2D eigenvalue weighted by Crippen LogP contribution is 2.65. The highest BCUT2D eigenvalue weighted by Gasteiger charge is 2.59. The number of rotatable bonds is 18. The molecule has 0 spiro atoms. The van der Waals surface area contributed by atoms with Crippen molar-refractivity contribution in [1.82, 2.24) is 0 Å². The van der Waals surface area contributed by atoms with Crippen LogP contribution in [0.3, 0.4) is 0 Å². The Balaban J connectivity index is 4.63. The topological polar surface area (TPSA) is 61.8 Å². The van der Waals surface area contributed by atoms with Gasteiger partial charge >= 0.3 is 21.1 Å². The molecule has 0 aromatic carbocycles. The lowest BCUT2D eigenvalue weighted by atomic mass is 10.1. The van der Waals surface area contributed by atoms with Crippen molar-refractivity contribution >= 4 is 16.1 Å². The molecular weight excluding hydrogens is 370 g/mol. The van der Waals surface area contributed by atoms with Gasteiger partial charge in [-0.2, -0.15) is 0 Å². The van der Waals surface area contributed by atoms with Crippen LogP contribution in [0.25, 0.3) is 0 Å². The number of hydrogen-bond donors (Lipinski definition) is 0. The van der Waals surface area contributed by atoms with Gasteiger partial charge in [0, 0.05) is 6.08 Å². The minimum Gasteiger partial charge on any atom is -0.320 e. The van der Waals surface area contributed by atoms with Crippen LogP contribution in [0.4, 0.5) is 0 Å². The second-order valence-electron chi connectivity index (χ2n) is 6.23. The molecule has 0 rings (SSSR count). The van der Waals surface area contributed by atoms with E-state index in [4.69, 9.17) is 13.8 Å². The van der Waals surface area contributed by atoms with E-state index in [-0.39, 0.29) is 19.8 Å². The van der Waals surface area contributed by atoms with Gasteiger partial charge in [0.05, 0.1) is 19.8 Å². The molecule has 0 aromatic heterocycles. The maximum absolute atomic E-state index is 13.1. The maximum atomic E-state index is 13.1. The fraction of sp³-hybridized carbons (Fsp3) is 0.895. The van der Waals surface area contributed by atoms with Gasteiger partial charge in [-0.15, -0.1) is 0 Å². The molecule has 5 nitrogen and oxygen atoms in total. The van der Waals surface area contributed by atoms with Crippen LogP contribution in [0, 0.1) is 0 Å². The Morgan fingerprint density at radius 2 is 1.38 bits per heavy atom. The molecule has 2 atom stereocenters. The smallest absolute Gasteiger partial charge is 0.320 e. The van der Waals surface area contributed by atoms with E-state index in [1.54, 1.807) is 26.8 Å². The Kier molecular flexibility index (Phi) is 15.9. The summed E-state index contributed by atoms with van der Waals surface area (Å²) in [5.74, 6) is 0. The third-order valence-electron chi connectivity index (χ3n) is 4.08. The maximum Gasteiger partial charge on any atom is 0.416 e. The minimum absolute atomic E-state index is 0.211.